The second-order valence-electron chi connectivity index (χ2n) is 6.35. The Balaban J connectivity index is 3.28. The van der Waals surface area contributed by atoms with Crippen LogP contribution in [0, 0.1) is 0 Å². The summed E-state index contributed by atoms with van der Waals surface area (Å²) in [5, 5.41) is 9.79. The van der Waals surface area contributed by atoms with Crippen LogP contribution >= 0.6 is 0 Å². The van der Waals surface area contributed by atoms with Crippen LogP contribution in [0.25, 0.3) is 0 Å². The van der Waals surface area contributed by atoms with Crippen molar-refractivity contribution < 1.29 is 58.1 Å². The van der Waals surface area contributed by atoms with Gasteiger partial charge >= 0.3 is 29.9 Å². The lowest BCUT2D eigenvalue weighted by atomic mass is 9.92. The molecule has 29 heavy (non-hydrogen) atoms. The summed E-state index contributed by atoms with van der Waals surface area (Å²) >= 11 is 0. The van der Waals surface area contributed by atoms with E-state index in [-0.39, 0.29) is 5.75 Å². The van der Waals surface area contributed by atoms with E-state index in [1.54, 1.807) is 0 Å². The van der Waals surface area contributed by atoms with Crippen molar-refractivity contribution in [2.75, 3.05) is 0 Å². The lowest BCUT2D eigenvalue weighted by molar-refractivity contribution is -0.423. The highest BCUT2D eigenvalue weighted by Gasteiger charge is 2.87. The van der Waals surface area contributed by atoms with Gasteiger partial charge in [-0.3, -0.25) is 0 Å². The predicted molar refractivity (Wildman–Crippen MR) is 77.6 cm³/mol. The van der Waals surface area contributed by atoms with Gasteiger partial charge < -0.3 is 9.84 Å². The molecular formula is C16H15F11O2. The minimum absolute atomic E-state index is 0.304. The molecule has 1 unspecified atom stereocenters. The Morgan fingerprint density at radius 3 is 1.72 bits per heavy atom. The number of para-hydroxylation sites is 1. The molecule has 0 amide bonds. The van der Waals surface area contributed by atoms with E-state index in [1.165, 1.54) is 19.9 Å². The maximum atomic E-state index is 13.8. The third-order valence-electron chi connectivity index (χ3n) is 3.69. The molecule has 1 aromatic rings. The molecular weight excluding hydrogens is 433 g/mol. The van der Waals surface area contributed by atoms with E-state index >= 15 is 0 Å². The van der Waals surface area contributed by atoms with E-state index in [2.05, 4.69) is 0 Å². The number of rotatable bonds is 8. The van der Waals surface area contributed by atoms with Crippen LogP contribution in [0.4, 0.5) is 48.3 Å². The van der Waals surface area contributed by atoms with Crippen LogP contribution in [0.15, 0.2) is 24.3 Å². The van der Waals surface area contributed by atoms with E-state index in [0.29, 0.717) is 0 Å². The molecule has 1 aromatic carbocycles. The van der Waals surface area contributed by atoms with Crippen LogP contribution in [0.3, 0.4) is 0 Å². The second-order valence-corrected chi connectivity index (χ2v) is 6.35. The first-order valence-electron chi connectivity index (χ1n) is 7.81. The van der Waals surface area contributed by atoms with Gasteiger partial charge in [0.25, 0.3) is 0 Å². The number of hydrogen-bond acceptors (Lipinski definition) is 2. The van der Waals surface area contributed by atoms with E-state index < -0.39 is 54.1 Å². The second kappa shape index (κ2) is 7.80. The topological polar surface area (TPSA) is 29.5 Å². The van der Waals surface area contributed by atoms with Gasteiger partial charge in [-0.2, -0.15) is 48.3 Å². The molecule has 0 heterocycles. The normalized spacial score (nSPS) is 15.6. The van der Waals surface area contributed by atoms with Crippen LogP contribution in [-0.2, 0) is 0 Å². The minimum atomic E-state index is -7.50. The van der Waals surface area contributed by atoms with E-state index in [9.17, 15) is 53.4 Å². The van der Waals surface area contributed by atoms with E-state index in [4.69, 9.17) is 4.74 Å². The Hall–Kier alpha value is -1.79. The molecule has 0 aromatic heterocycles. The molecule has 0 saturated heterocycles. The van der Waals surface area contributed by atoms with Crippen LogP contribution in [-0.4, -0.2) is 41.1 Å². The number of ether oxygens (including phenoxy) is 1. The fraction of sp³-hybridized carbons (Fsp3) is 0.625. The Morgan fingerprint density at radius 1 is 0.793 bits per heavy atom. The van der Waals surface area contributed by atoms with Gasteiger partial charge in [-0.05, 0) is 19.9 Å². The Bertz CT molecular complexity index is 698. The molecule has 0 bridgehead atoms. The average molecular weight is 448 g/mol. The highest BCUT2D eigenvalue weighted by molar-refractivity contribution is 5.35. The number of alkyl halides is 11. The molecule has 1 N–H and O–H groups in total. The van der Waals surface area contributed by atoms with Gasteiger partial charge in [0.2, 0.25) is 0 Å². The van der Waals surface area contributed by atoms with E-state index in [0.717, 1.165) is 18.2 Å². The molecule has 13 heteroatoms. The zero-order valence-corrected chi connectivity index (χ0v) is 14.7. The third kappa shape index (κ3) is 4.53. The largest absolute Gasteiger partial charge is 0.491 e. The smallest absolute Gasteiger partial charge is 0.460 e. The molecule has 168 valence electrons. The minimum Gasteiger partial charge on any atom is -0.491 e. The highest BCUT2D eigenvalue weighted by Crippen LogP contribution is 2.58. The Labute approximate surface area is 157 Å². The quantitative estimate of drug-likeness (QED) is 0.495. The van der Waals surface area contributed by atoms with Gasteiger partial charge in [0, 0.05) is 12.0 Å². The summed E-state index contributed by atoms with van der Waals surface area (Å²) in [6.45, 7) is 2.93. The summed E-state index contributed by atoms with van der Waals surface area (Å²) in [6.07, 6.45) is -13.1. The predicted octanol–water partition coefficient (Wildman–Crippen LogP) is 6.00. The standard InChI is InChI=1S/C16H15F11O2/c1-8(2)29-11-6-4-3-5-9(11)10(28)7-12(17,18)13(19,20)14(21,22)15(23,24)16(25,26)27/h3-6,8,10,28H,7H2,1-2H3. The number of hydrogen-bond donors (Lipinski definition) is 1. The lowest BCUT2D eigenvalue weighted by Gasteiger charge is -2.37. The first-order valence-corrected chi connectivity index (χ1v) is 7.81. The number of halogens is 11. The molecule has 0 radical (unpaired) electrons. The number of benzene rings is 1. The first kappa shape index (κ1) is 25.2. The van der Waals surface area contributed by atoms with Gasteiger partial charge in [0.1, 0.15) is 5.75 Å². The zero-order chi connectivity index (χ0) is 23.1. The van der Waals surface area contributed by atoms with E-state index in [1.807, 2.05) is 0 Å². The maximum Gasteiger partial charge on any atom is 0.460 e. The molecule has 1 atom stereocenters. The number of aliphatic hydroxyl groups excluding tert-OH is 1. The SMILES string of the molecule is CC(C)Oc1ccccc1C(O)CC(F)(F)C(F)(F)C(F)(F)C(F)(F)C(F)(F)F. The van der Waals surface area contributed by atoms with Gasteiger partial charge in [-0.1, -0.05) is 18.2 Å². The van der Waals surface area contributed by atoms with Crippen molar-refractivity contribution in [3.05, 3.63) is 29.8 Å². The van der Waals surface area contributed by atoms with Crippen LogP contribution in [0.2, 0.25) is 0 Å². The summed E-state index contributed by atoms with van der Waals surface area (Å²) in [7, 11) is 0. The average Bonchev–Trinajstić information content (AvgIpc) is 2.52. The van der Waals surface area contributed by atoms with Gasteiger partial charge in [-0.25, -0.2) is 0 Å². The highest BCUT2D eigenvalue weighted by atomic mass is 19.4. The van der Waals surface area contributed by atoms with Crippen molar-refractivity contribution >= 4 is 0 Å². The molecule has 0 saturated carbocycles. The molecule has 0 aliphatic carbocycles. The van der Waals surface area contributed by atoms with Gasteiger partial charge in [-0.15, -0.1) is 0 Å². The van der Waals surface area contributed by atoms with Crippen LogP contribution in [0.5, 0.6) is 5.75 Å². The van der Waals surface area contributed by atoms with Crippen molar-refractivity contribution in [1.82, 2.24) is 0 Å². The monoisotopic (exact) mass is 448 g/mol. The first-order chi connectivity index (χ1) is 12.8. The summed E-state index contributed by atoms with van der Waals surface area (Å²) in [6, 6.07) is 4.44. The van der Waals surface area contributed by atoms with Crippen molar-refractivity contribution in [3.63, 3.8) is 0 Å². The number of aliphatic hydroxyl groups is 1. The van der Waals surface area contributed by atoms with Crippen molar-refractivity contribution in [2.45, 2.75) is 62.3 Å². The molecule has 0 aliphatic heterocycles. The van der Waals surface area contributed by atoms with Crippen molar-refractivity contribution in [3.8, 4) is 5.75 Å². The Morgan fingerprint density at radius 2 is 1.28 bits per heavy atom. The molecule has 2 nitrogen and oxygen atoms in total. The lowest BCUT2D eigenvalue weighted by Crippen LogP contribution is -2.66. The zero-order valence-electron chi connectivity index (χ0n) is 14.7. The van der Waals surface area contributed by atoms with Gasteiger partial charge in [0.15, 0.2) is 0 Å². The third-order valence-corrected chi connectivity index (χ3v) is 3.69. The molecule has 0 aliphatic rings. The van der Waals surface area contributed by atoms with Crippen molar-refractivity contribution in [1.29, 1.82) is 0 Å². The van der Waals surface area contributed by atoms with Crippen molar-refractivity contribution in [2.24, 2.45) is 0 Å². The summed E-state index contributed by atoms with van der Waals surface area (Å²) in [5.74, 6) is -28.6. The molecule has 0 fully saturated rings. The fourth-order valence-corrected chi connectivity index (χ4v) is 2.20. The van der Waals surface area contributed by atoms with Crippen LogP contribution < -0.4 is 4.74 Å². The van der Waals surface area contributed by atoms with Crippen LogP contribution in [0.1, 0.15) is 31.9 Å². The fourth-order valence-electron chi connectivity index (χ4n) is 2.20. The molecule has 1 rings (SSSR count). The Kier molecular flexibility index (Phi) is 6.79. The molecule has 0 spiro atoms. The summed E-state index contributed by atoms with van der Waals surface area (Å²) in [4.78, 5) is 0. The van der Waals surface area contributed by atoms with Gasteiger partial charge in [0.05, 0.1) is 12.2 Å². The summed E-state index contributed by atoms with van der Waals surface area (Å²) < 4.78 is 148. The maximum absolute atomic E-state index is 13.8. The summed E-state index contributed by atoms with van der Waals surface area (Å²) in [5.41, 5.74) is -0.581.